The number of nitrogens with zero attached hydrogens (tertiary/aromatic N) is 2. The van der Waals surface area contributed by atoms with Crippen molar-refractivity contribution in [1.29, 1.82) is 0 Å². The lowest BCUT2D eigenvalue weighted by Crippen LogP contribution is -2.15. The van der Waals surface area contributed by atoms with Crippen LogP contribution in [0.2, 0.25) is 0 Å². The first kappa shape index (κ1) is 13.3. The molecule has 0 aliphatic heterocycles. The summed E-state index contributed by atoms with van der Waals surface area (Å²) in [6.07, 6.45) is 3.66. The van der Waals surface area contributed by atoms with E-state index >= 15 is 0 Å². The summed E-state index contributed by atoms with van der Waals surface area (Å²) in [7, 11) is 0. The van der Waals surface area contributed by atoms with Gasteiger partial charge in [-0.1, -0.05) is 0 Å². The number of aryl methyl sites for hydroxylation is 2. The SMILES string of the molecule is Cc1cc(C(=O)O)c(NC(=O)CCn2cccn2)s1. The fraction of sp³-hybridized carbons (Fsp3) is 0.250. The van der Waals surface area contributed by atoms with Crippen LogP contribution in [-0.4, -0.2) is 26.8 Å². The third kappa shape index (κ3) is 3.41. The molecule has 0 atom stereocenters. The van der Waals surface area contributed by atoms with E-state index in [0.717, 1.165) is 4.88 Å². The summed E-state index contributed by atoms with van der Waals surface area (Å²) in [5.74, 6) is -1.26. The zero-order valence-electron chi connectivity index (χ0n) is 10.3. The smallest absolute Gasteiger partial charge is 0.338 e. The second kappa shape index (κ2) is 5.66. The summed E-state index contributed by atoms with van der Waals surface area (Å²) in [4.78, 5) is 23.6. The molecule has 2 aromatic rings. The van der Waals surface area contributed by atoms with Gasteiger partial charge in [-0.3, -0.25) is 9.48 Å². The normalized spacial score (nSPS) is 10.4. The zero-order valence-corrected chi connectivity index (χ0v) is 11.1. The molecule has 1 amide bonds. The Morgan fingerprint density at radius 3 is 2.95 bits per heavy atom. The third-order valence-electron chi connectivity index (χ3n) is 2.47. The number of rotatable bonds is 5. The van der Waals surface area contributed by atoms with Crippen LogP contribution in [0.1, 0.15) is 21.7 Å². The van der Waals surface area contributed by atoms with E-state index in [1.165, 1.54) is 11.3 Å². The Bertz CT molecular complexity index is 589. The number of carbonyl (C=O) groups is 2. The van der Waals surface area contributed by atoms with Gasteiger partial charge in [-0.15, -0.1) is 11.3 Å². The molecule has 0 bridgehead atoms. The van der Waals surface area contributed by atoms with Gasteiger partial charge in [0.15, 0.2) is 0 Å². The van der Waals surface area contributed by atoms with E-state index < -0.39 is 5.97 Å². The molecular weight excluding hydrogens is 266 g/mol. The average Bonchev–Trinajstić information content (AvgIpc) is 2.96. The highest BCUT2D eigenvalue weighted by atomic mass is 32.1. The van der Waals surface area contributed by atoms with E-state index in [9.17, 15) is 9.59 Å². The molecule has 0 fully saturated rings. The summed E-state index contributed by atoms with van der Waals surface area (Å²) < 4.78 is 1.65. The molecule has 0 saturated heterocycles. The predicted octanol–water partition coefficient (Wildman–Crippen LogP) is 1.98. The molecule has 7 heteroatoms. The number of thiophene rings is 1. The number of carbonyl (C=O) groups excluding carboxylic acids is 1. The minimum absolute atomic E-state index is 0.134. The Labute approximate surface area is 113 Å². The van der Waals surface area contributed by atoms with Crippen LogP contribution in [0.4, 0.5) is 5.00 Å². The summed E-state index contributed by atoms with van der Waals surface area (Å²) >= 11 is 1.26. The largest absolute Gasteiger partial charge is 0.478 e. The van der Waals surface area contributed by atoms with Crippen LogP contribution < -0.4 is 5.32 Å². The van der Waals surface area contributed by atoms with Crippen LogP contribution in [0.25, 0.3) is 0 Å². The number of carboxylic acids is 1. The van der Waals surface area contributed by atoms with Gasteiger partial charge in [0.2, 0.25) is 5.91 Å². The van der Waals surface area contributed by atoms with Crippen molar-refractivity contribution in [3.8, 4) is 0 Å². The van der Waals surface area contributed by atoms with E-state index in [1.54, 1.807) is 36.1 Å². The molecule has 6 nitrogen and oxygen atoms in total. The first-order valence-corrected chi connectivity index (χ1v) is 6.49. The molecule has 0 radical (unpaired) electrons. The van der Waals surface area contributed by atoms with Crippen LogP contribution in [0.3, 0.4) is 0 Å². The van der Waals surface area contributed by atoms with Gasteiger partial charge in [0, 0.05) is 30.2 Å². The number of aromatic carboxylic acids is 1. The number of hydrogen-bond acceptors (Lipinski definition) is 4. The third-order valence-corrected chi connectivity index (χ3v) is 3.43. The van der Waals surface area contributed by atoms with Gasteiger partial charge in [-0.25, -0.2) is 4.79 Å². The Hall–Kier alpha value is -2.15. The first-order valence-electron chi connectivity index (χ1n) is 5.67. The van der Waals surface area contributed by atoms with Gasteiger partial charge < -0.3 is 10.4 Å². The monoisotopic (exact) mass is 279 g/mol. The van der Waals surface area contributed by atoms with Gasteiger partial charge in [0.1, 0.15) is 5.00 Å². The number of hydrogen-bond donors (Lipinski definition) is 2. The Morgan fingerprint density at radius 1 is 1.53 bits per heavy atom. The number of aromatic nitrogens is 2. The second-order valence-electron chi connectivity index (χ2n) is 3.97. The second-order valence-corrected chi connectivity index (χ2v) is 5.23. The van der Waals surface area contributed by atoms with E-state index in [-0.39, 0.29) is 17.9 Å². The Kier molecular flexibility index (Phi) is 3.96. The highest BCUT2D eigenvalue weighted by Crippen LogP contribution is 2.27. The number of carboxylic acid groups (broad SMARTS) is 1. The van der Waals surface area contributed by atoms with Crippen molar-refractivity contribution in [2.75, 3.05) is 5.32 Å². The van der Waals surface area contributed by atoms with E-state index in [4.69, 9.17) is 5.11 Å². The Morgan fingerprint density at radius 2 is 2.32 bits per heavy atom. The topological polar surface area (TPSA) is 84.2 Å². The zero-order chi connectivity index (χ0) is 13.8. The van der Waals surface area contributed by atoms with Crippen LogP contribution in [0.15, 0.2) is 24.5 Å². The lowest BCUT2D eigenvalue weighted by molar-refractivity contribution is -0.116. The molecule has 0 spiro atoms. The van der Waals surface area contributed by atoms with Crippen molar-refractivity contribution in [3.63, 3.8) is 0 Å². The standard InChI is InChI=1S/C12H13N3O3S/c1-8-7-9(12(17)18)11(19-8)14-10(16)3-6-15-5-2-4-13-15/h2,4-5,7H,3,6H2,1H3,(H,14,16)(H,17,18). The van der Waals surface area contributed by atoms with Crippen molar-refractivity contribution < 1.29 is 14.7 Å². The minimum atomic E-state index is -1.04. The van der Waals surface area contributed by atoms with Crippen LogP contribution in [-0.2, 0) is 11.3 Å². The lowest BCUT2D eigenvalue weighted by atomic mass is 10.3. The van der Waals surface area contributed by atoms with Crippen molar-refractivity contribution in [1.82, 2.24) is 9.78 Å². The van der Waals surface area contributed by atoms with Gasteiger partial charge in [0.25, 0.3) is 0 Å². The first-order chi connectivity index (χ1) is 9.06. The molecule has 2 aromatic heterocycles. The van der Waals surface area contributed by atoms with Crippen molar-refractivity contribution in [2.24, 2.45) is 0 Å². The molecule has 0 unspecified atom stereocenters. The van der Waals surface area contributed by atoms with Crippen molar-refractivity contribution in [2.45, 2.75) is 19.9 Å². The average molecular weight is 279 g/mol. The van der Waals surface area contributed by atoms with Gasteiger partial charge in [0.05, 0.1) is 5.56 Å². The molecule has 0 aromatic carbocycles. The fourth-order valence-electron chi connectivity index (χ4n) is 1.60. The Balaban J connectivity index is 1.97. The fourth-order valence-corrected chi connectivity index (χ4v) is 2.52. The molecule has 0 saturated carbocycles. The summed E-state index contributed by atoms with van der Waals surface area (Å²) in [6, 6.07) is 3.33. The van der Waals surface area contributed by atoms with Crippen molar-refractivity contribution >= 4 is 28.2 Å². The van der Waals surface area contributed by atoms with Crippen LogP contribution in [0.5, 0.6) is 0 Å². The van der Waals surface area contributed by atoms with Crippen LogP contribution in [0, 0.1) is 6.92 Å². The highest BCUT2D eigenvalue weighted by molar-refractivity contribution is 7.16. The number of nitrogens with one attached hydrogen (secondary N) is 1. The predicted molar refractivity (Wildman–Crippen MR) is 71.5 cm³/mol. The van der Waals surface area contributed by atoms with E-state index in [0.29, 0.717) is 11.5 Å². The lowest BCUT2D eigenvalue weighted by Gasteiger charge is -2.04. The van der Waals surface area contributed by atoms with Gasteiger partial charge >= 0.3 is 5.97 Å². The molecule has 100 valence electrons. The molecule has 2 heterocycles. The number of amides is 1. The van der Waals surface area contributed by atoms with Crippen molar-refractivity contribution in [3.05, 3.63) is 35.0 Å². The molecule has 0 aliphatic rings. The summed E-state index contributed by atoms with van der Waals surface area (Å²) in [5, 5.41) is 16.0. The van der Waals surface area contributed by atoms with Gasteiger partial charge in [-0.2, -0.15) is 5.10 Å². The number of anilines is 1. The van der Waals surface area contributed by atoms with Crippen LogP contribution >= 0.6 is 11.3 Å². The molecule has 2 N–H and O–H groups in total. The van der Waals surface area contributed by atoms with Gasteiger partial charge in [-0.05, 0) is 19.1 Å². The maximum absolute atomic E-state index is 11.8. The highest BCUT2D eigenvalue weighted by Gasteiger charge is 2.15. The minimum Gasteiger partial charge on any atom is -0.478 e. The molecule has 0 aliphatic carbocycles. The maximum Gasteiger partial charge on any atom is 0.338 e. The van der Waals surface area contributed by atoms with E-state index in [1.807, 2.05) is 0 Å². The summed E-state index contributed by atoms with van der Waals surface area (Å²) in [5.41, 5.74) is 0.134. The quantitative estimate of drug-likeness (QED) is 0.876. The summed E-state index contributed by atoms with van der Waals surface area (Å²) in [6.45, 7) is 2.27. The maximum atomic E-state index is 11.8. The molecule has 2 rings (SSSR count). The van der Waals surface area contributed by atoms with E-state index in [2.05, 4.69) is 10.4 Å². The molecule has 19 heavy (non-hydrogen) atoms. The molecular formula is C12H13N3O3S.